The van der Waals surface area contributed by atoms with Crippen LogP contribution in [0.1, 0.15) is 16.1 Å². The van der Waals surface area contributed by atoms with Crippen molar-refractivity contribution in [3.8, 4) is 17.2 Å². The number of pyridine rings is 1. The van der Waals surface area contributed by atoms with Crippen LogP contribution in [0.2, 0.25) is 5.02 Å². The Morgan fingerprint density at radius 2 is 2.00 bits per heavy atom. The molecule has 8 nitrogen and oxygen atoms in total. The molecule has 152 valence electrons. The molecule has 0 atom stereocenters. The van der Waals surface area contributed by atoms with Gasteiger partial charge in [-0.2, -0.15) is 4.98 Å². The Hall–Kier alpha value is -3.78. The number of carboxylic acid groups (broad SMARTS) is 1. The van der Waals surface area contributed by atoms with Crippen molar-refractivity contribution >= 4 is 34.7 Å². The van der Waals surface area contributed by atoms with Gasteiger partial charge in [-0.1, -0.05) is 11.6 Å². The zero-order valence-corrected chi connectivity index (χ0v) is 16.5. The van der Waals surface area contributed by atoms with E-state index >= 15 is 0 Å². The van der Waals surface area contributed by atoms with Gasteiger partial charge in [-0.3, -0.25) is 0 Å². The number of nitrogens with one attached hydrogen (secondary N) is 1. The highest BCUT2D eigenvalue weighted by Crippen LogP contribution is 2.28. The van der Waals surface area contributed by atoms with Gasteiger partial charge in [-0.25, -0.2) is 9.78 Å². The second-order valence-corrected chi connectivity index (χ2v) is 6.68. The molecule has 4 aromatic rings. The van der Waals surface area contributed by atoms with E-state index in [1.54, 1.807) is 43.5 Å². The van der Waals surface area contributed by atoms with E-state index in [4.69, 9.17) is 30.6 Å². The van der Waals surface area contributed by atoms with Crippen LogP contribution in [0.3, 0.4) is 0 Å². The molecule has 2 heterocycles. The van der Waals surface area contributed by atoms with Crippen molar-refractivity contribution in [3.05, 3.63) is 71.0 Å². The summed E-state index contributed by atoms with van der Waals surface area (Å²) in [5.41, 5.74) is 1.92. The molecule has 2 N–H and O–H groups in total. The molecule has 30 heavy (non-hydrogen) atoms. The molecule has 0 aliphatic carbocycles. The van der Waals surface area contributed by atoms with Crippen LogP contribution >= 0.6 is 11.6 Å². The minimum Gasteiger partial charge on any atom is -0.496 e. The summed E-state index contributed by atoms with van der Waals surface area (Å²) < 4.78 is 16.8. The van der Waals surface area contributed by atoms with E-state index in [9.17, 15) is 4.79 Å². The number of anilines is 1. The van der Waals surface area contributed by atoms with Crippen LogP contribution in [-0.2, 0) is 6.54 Å². The van der Waals surface area contributed by atoms with Crippen LogP contribution < -0.4 is 14.8 Å². The third-order valence-electron chi connectivity index (χ3n) is 4.22. The lowest BCUT2D eigenvalue weighted by molar-refractivity contribution is 0.0690. The Morgan fingerprint density at radius 1 is 1.17 bits per heavy atom. The third-order valence-corrected chi connectivity index (χ3v) is 4.45. The van der Waals surface area contributed by atoms with E-state index in [1.807, 2.05) is 6.07 Å². The Balaban J connectivity index is 1.51. The molecule has 0 aliphatic rings. The monoisotopic (exact) mass is 425 g/mol. The van der Waals surface area contributed by atoms with Gasteiger partial charge in [0, 0.05) is 35.5 Å². The molecule has 0 bridgehead atoms. The number of methoxy groups -OCH3 is 1. The maximum absolute atomic E-state index is 11.0. The van der Waals surface area contributed by atoms with Crippen LogP contribution in [0.15, 0.2) is 59.1 Å². The fourth-order valence-corrected chi connectivity index (χ4v) is 3.02. The molecule has 0 spiro atoms. The minimum absolute atomic E-state index is 0.101. The predicted octanol–water partition coefficient (Wildman–Crippen LogP) is 4.99. The summed E-state index contributed by atoms with van der Waals surface area (Å²) in [6, 6.07) is 13.8. The molecule has 0 unspecified atom stereocenters. The molecule has 2 aromatic carbocycles. The summed E-state index contributed by atoms with van der Waals surface area (Å²) >= 11 is 6.06. The predicted molar refractivity (Wildman–Crippen MR) is 111 cm³/mol. The van der Waals surface area contributed by atoms with Gasteiger partial charge in [0.25, 0.3) is 6.01 Å². The van der Waals surface area contributed by atoms with Crippen LogP contribution in [0.25, 0.3) is 11.1 Å². The number of hydrogen-bond donors (Lipinski definition) is 2. The summed E-state index contributed by atoms with van der Waals surface area (Å²) in [7, 11) is 1.59. The smallest absolute Gasteiger partial charge is 0.354 e. The molecule has 2 aromatic heterocycles. The minimum atomic E-state index is -1.13. The number of ether oxygens (including phenoxy) is 2. The average Bonchev–Trinajstić information content (AvgIpc) is 3.15. The van der Waals surface area contributed by atoms with Crippen LogP contribution in [0.5, 0.6) is 17.2 Å². The van der Waals surface area contributed by atoms with E-state index in [2.05, 4.69) is 15.3 Å². The lowest BCUT2D eigenvalue weighted by atomic mass is 10.2. The number of halogens is 1. The summed E-state index contributed by atoms with van der Waals surface area (Å²) in [4.78, 5) is 19.2. The number of oxazole rings is 1. The first-order chi connectivity index (χ1) is 14.5. The van der Waals surface area contributed by atoms with Crippen molar-refractivity contribution in [1.82, 2.24) is 9.97 Å². The fraction of sp³-hybridized carbons (Fsp3) is 0.0952. The molecule has 9 heteroatoms. The number of aromatic nitrogens is 2. The number of rotatable bonds is 7. The number of fused-ring (bicyclic) bond motifs is 1. The lowest BCUT2D eigenvalue weighted by Crippen LogP contribution is -2.01. The highest BCUT2D eigenvalue weighted by atomic mass is 35.5. The van der Waals surface area contributed by atoms with Gasteiger partial charge in [-0.15, -0.1) is 0 Å². The SMILES string of the molecule is COc1ccc(Cl)cc1CNc1nc2ccc(Oc3ccnc(C(=O)O)c3)cc2o1. The average molecular weight is 426 g/mol. The second kappa shape index (κ2) is 8.30. The molecule has 0 radical (unpaired) electrons. The highest BCUT2D eigenvalue weighted by Gasteiger charge is 2.11. The first-order valence-corrected chi connectivity index (χ1v) is 9.24. The van der Waals surface area contributed by atoms with Crippen molar-refractivity contribution in [2.24, 2.45) is 0 Å². The standard InChI is InChI=1S/C21H16ClN3O5/c1-28-18-5-2-13(22)8-12(18)11-24-21-25-16-4-3-14(10-19(16)30-21)29-15-6-7-23-17(9-15)20(26)27/h2-10H,11H2,1H3,(H,24,25)(H,26,27). The first-order valence-electron chi connectivity index (χ1n) is 8.86. The summed E-state index contributed by atoms with van der Waals surface area (Å²) in [5.74, 6) is 0.409. The van der Waals surface area contributed by atoms with Crippen LogP contribution in [0.4, 0.5) is 6.01 Å². The van der Waals surface area contributed by atoms with Crippen molar-refractivity contribution in [3.63, 3.8) is 0 Å². The zero-order chi connectivity index (χ0) is 21.1. The van der Waals surface area contributed by atoms with Crippen LogP contribution in [-0.4, -0.2) is 28.2 Å². The topological polar surface area (TPSA) is 107 Å². The third kappa shape index (κ3) is 4.28. The Kier molecular flexibility index (Phi) is 5.40. The quantitative estimate of drug-likeness (QED) is 0.426. The molecule has 0 fully saturated rings. The molecule has 4 rings (SSSR count). The largest absolute Gasteiger partial charge is 0.496 e. The maximum Gasteiger partial charge on any atom is 0.354 e. The highest BCUT2D eigenvalue weighted by molar-refractivity contribution is 6.30. The zero-order valence-electron chi connectivity index (χ0n) is 15.8. The normalized spacial score (nSPS) is 10.7. The Labute approximate surface area is 176 Å². The summed E-state index contributed by atoms with van der Waals surface area (Å²) in [6.45, 7) is 0.412. The number of carboxylic acids is 1. The second-order valence-electron chi connectivity index (χ2n) is 6.24. The molecular weight excluding hydrogens is 410 g/mol. The van der Waals surface area contributed by atoms with Gasteiger partial charge in [0.05, 0.1) is 7.11 Å². The molecule has 0 amide bonds. The molecule has 0 saturated carbocycles. The van der Waals surface area contributed by atoms with E-state index in [-0.39, 0.29) is 5.69 Å². The Bertz CT molecular complexity index is 1220. The van der Waals surface area contributed by atoms with Crippen molar-refractivity contribution in [2.45, 2.75) is 6.54 Å². The van der Waals surface area contributed by atoms with Gasteiger partial charge < -0.3 is 24.3 Å². The van der Waals surface area contributed by atoms with Gasteiger partial charge in [0.2, 0.25) is 0 Å². The van der Waals surface area contributed by atoms with Gasteiger partial charge in [0.15, 0.2) is 11.3 Å². The first kappa shape index (κ1) is 19.5. The van der Waals surface area contributed by atoms with Gasteiger partial charge >= 0.3 is 5.97 Å². The summed E-state index contributed by atoms with van der Waals surface area (Å²) in [5, 5.41) is 12.8. The molecule has 0 saturated heterocycles. The Morgan fingerprint density at radius 3 is 2.80 bits per heavy atom. The van der Waals surface area contributed by atoms with Crippen molar-refractivity contribution in [1.29, 1.82) is 0 Å². The number of benzene rings is 2. The fourth-order valence-electron chi connectivity index (χ4n) is 2.83. The summed E-state index contributed by atoms with van der Waals surface area (Å²) in [6.07, 6.45) is 1.37. The molecule has 0 aliphatic heterocycles. The lowest BCUT2D eigenvalue weighted by Gasteiger charge is -2.08. The van der Waals surface area contributed by atoms with Gasteiger partial charge in [0.1, 0.15) is 22.8 Å². The number of hydrogen-bond acceptors (Lipinski definition) is 7. The van der Waals surface area contributed by atoms with Gasteiger partial charge in [-0.05, 0) is 36.4 Å². The maximum atomic E-state index is 11.0. The van der Waals surface area contributed by atoms with Crippen molar-refractivity contribution < 1.29 is 23.8 Å². The van der Waals surface area contributed by atoms with E-state index in [0.717, 1.165) is 5.56 Å². The van der Waals surface area contributed by atoms with Crippen LogP contribution in [0, 0.1) is 0 Å². The van der Waals surface area contributed by atoms with E-state index in [0.29, 0.717) is 45.9 Å². The van der Waals surface area contributed by atoms with E-state index in [1.165, 1.54) is 12.3 Å². The number of aromatic carboxylic acids is 1. The molecular formula is C21H16ClN3O5. The van der Waals surface area contributed by atoms with Crippen molar-refractivity contribution in [2.75, 3.05) is 12.4 Å². The number of nitrogens with zero attached hydrogens (tertiary/aromatic N) is 2. The number of carbonyl (C=O) groups is 1. The van der Waals surface area contributed by atoms with E-state index < -0.39 is 5.97 Å².